The van der Waals surface area contributed by atoms with Gasteiger partial charge in [0.2, 0.25) is 0 Å². The normalized spacial score (nSPS) is 11.2. The standard InChI is InChI=1S/C23H14N2/c1-24-18-9-11-19(12-10-18)25-21-14-8-17-6-5-15-3-2-4-16-7-13-20(21)23(17)22(15)16/h2-14,25H. The second-order valence-electron chi connectivity index (χ2n) is 6.25. The summed E-state index contributed by atoms with van der Waals surface area (Å²) in [6.07, 6.45) is 0. The number of nitrogens with one attached hydrogen (secondary N) is 1. The summed E-state index contributed by atoms with van der Waals surface area (Å²) in [4.78, 5) is 3.45. The molecule has 25 heavy (non-hydrogen) atoms. The van der Waals surface area contributed by atoms with Crippen molar-refractivity contribution in [3.05, 3.63) is 90.3 Å². The molecule has 0 aliphatic heterocycles. The zero-order chi connectivity index (χ0) is 16.8. The highest BCUT2D eigenvalue weighted by atomic mass is 14.9. The van der Waals surface area contributed by atoms with Crippen LogP contribution in [-0.2, 0) is 0 Å². The average Bonchev–Trinajstić information content (AvgIpc) is 2.68. The molecule has 5 aromatic rings. The van der Waals surface area contributed by atoms with Crippen LogP contribution in [0, 0.1) is 6.57 Å². The first-order valence-electron chi connectivity index (χ1n) is 8.24. The van der Waals surface area contributed by atoms with E-state index in [0.717, 1.165) is 11.4 Å². The van der Waals surface area contributed by atoms with Crippen LogP contribution in [0.4, 0.5) is 17.1 Å². The molecule has 0 unspecified atom stereocenters. The van der Waals surface area contributed by atoms with E-state index >= 15 is 0 Å². The third-order valence-corrected chi connectivity index (χ3v) is 4.80. The van der Waals surface area contributed by atoms with Gasteiger partial charge in [0.1, 0.15) is 0 Å². The molecule has 2 nitrogen and oxygen atoms in total. The zero-order valence-electron chi connectivity index (χ0n) is 13.5. The second-order valence-corrected chi connectivity index (χ2v) is 6.25. The van der Waals surface area contributed by atoms with E-state index < -0.39 is 0 Å². The number of hydrogen-bond donors (Lipinski definition) is 1. The van der Waals surface area contributed by atoms with E-state index in [2.05, 4.69) is 64.8 Å². The van der Waals surface area contributed by atoms with Crippen LogP contribution in [0.3, 0.4) is 0 Å². The van der Waals surface area contributed by atoms with Crippen LogP contribution in [0.15, 0.2) is 78.9 Å². The van der Waals surface area contributed by atoms with Gasteiger partial charge in [-0.1, -0.05) is 60.7 Å². The number of anilines is 2. The van der Waals surface area contributed by atoms with Gasteiger partial charge in [-0.05, 0) is 45.1 Å². The van der Waals surface area contributed by atoms with Crippen molar-refractivity contribution in [1.29, 1.82) is 0 Å². The van der Waals surface area contributed by atoms with Crippen LogP contribution in [0.25, 0.3) is 37.2 Å². The largest absolute Gasteiger partial charge is 0.355 e. The minimum absolute atomic E-state index is 0.654. The first-order chi connectivity index (χ1) is 12.3. The van der Waals surface area contributed by atoms with Crippen molar-refractivity contribution in [1.82, 2.24) is 0 Å². The van der Waals surface area contributed by atoms with E-state index in [9.17, 15) is 0 Å². The molecule has 0 saturated heterocycles. The molecule has 116 valence electrons. The molecule has 0 bridgehead atoms. The van der Waals surface area contributed by atoms with Crippen molar-refractivity contribution in [2.45, 2.75) is 0 Å². The molecule has 0 heterocycles. The first kappa shape index (κ1) is 13.8. The maximum absolute atomic E-state index is 7.07. The summed E-state index contributed by atoms with van der Waals surface area (Å²) in [7, 11) is 0. The number of rotatable bonds is 2. The molecule has 0 atom stereocenters. The Hall–Kier alpha value is -3.57. The summed E-state index contributed by atoms with van der Waals surface area (Å²) >= 11 is 0. The lowest BCUT2D eigenvalue weighted by molar-refractivity contribution is 1.59. The summed E-state index contributed by atoms with van der Waals surface area (Å²) in [5.74, 6) is 0. The first-order valence-corrected chi connectivity index (χ1v) is 8.24. The Kier molecular flexibility index (Phi) is 2.89. The van der Waals surface area contributed by atoms with Gasteiger partial charge in [0.25, 0.3) is 0 Å². The molecule has 1 N–H and O–H groups in total. The summed E-state index contributed by atoms with van der Waals surface area (Å²) in [6.45, 7) is 7.07. The predicted octanol–water partition coefficient (Wildman–Crippen LogP) is 6.88. The lowest BCUT2D eigenvalue weighted by Gasteiger charge is -2.15. The Labute approximate surface area is 145 Å². The van der Waals surface area contributed by atoms with Crippen molar-refractivity contribution >= 4 is 49.4 Å². The topological polar surface area (TPSA) is 16.4 Å². The van der Waals surface area contributed by atoms with Crippen molar-refractivity contribution in [3.8, 4) is 0 Å². The highest BCUT2D eigenvalue weighted by Gasteiger charge is 2.10. The minimum Gasteiger partial charge on any atom is -0.355 e. The molecule has 0 spiro atoms. The van der Waals surface area contributed by atoms with Gasteiger partial charge < -0.3 is 5.32 Å². The Morgan fingerprint density at radius 2 is 1.28 bits per heavy atom. The molecule has 5 aromatic carbocycles. The Bertz CT molecular complexity index is 1250. The lowest BCUT2D eigenvalue weighted by atomic mass is 9.93. The molecule has 0 radical (unpaired) electrons. The molecule has 0 aliphatic carbocycles. The fourth-order valence-corrected chi connectivity index (χ4v) is 3.62. The summed E-state index contributed by atoms with van der Waals surface area (Å²) in [5, 5.41) is 11.2. The van der Waals surface area contributed by atoms with Gasteiger partial charge in [-0.25, -0.2) is 4.85 Å². The number of nitrogens with zero attached hydrogens (tertiary/aromatic N) is 1. The molecule has 2 heteroatoms. The lowest BCUT2D eigenvalue weighted by Crippen LogP contribution is -1.92. The van der Waals surface area contributed by atoms with Crippen molar-refractivity contribution in [2.24, 2.45) is 0 Å². The van der Waals surface area contributed by atoms with Gasteiger partial charge in [0.05, 0.1) is 6.57 Å². The number of hydrogen-bond acceptors (Lipinski definition) is 1. The summed E-state index contributed by atoms with van der Waals surface area (Å²) in [5.41, 5.74) is 2.73. The number of benzene rings is 5. The molecular formula is C23H14N2. The third kappa shape index (κ3) is 2.10. The Morgan fingerprint density at radius 1 is 0.640 bits per heavy atom. The zero-order valence-corrected chi connectivity index (χ0v) is 13.5. The van der Waals surface area contributed by atoms with Crippen molar-refractivity contribution in [3.63, 3.8) is 0 Å². The van der Waals surface area contributed by atoms with E-state index in [0.29, 0.717) is 5.69 Å². The van der Waals surface area contributed by atoms with Gasteiger partial charge >= 0.3 is 0 Å². The molecule has 0 saturated carbocycles. The van der Waals surface area contributed by atoms with Crippen molar-refractivity contribution in [2.75, 3.05) is 5.32 Å². The Balaban J connectivity index is 1.74. The van der Waals surface area contributed by atoms with Gasteiger partial charge in [-0.15, -0.1) is 0 Å². The summed E-state index contributed by atoms with van der Waals surface area (Å²) < 4.78 is 0. The van der Waals surface area contributed by atoms with E-state index in [-0.39, 0.29) is 0 Å². The van der Waals surface area contributed by atoms with Crippen LogP contribution in [0.5, 0.6) is 0 Å². The van der Waals surface area contributed by atoms with Crippen LogP contribution in [-0.4, -0.2) is 0 Å². The van der Waals surface area contributed by atoms with E-state index in [1.54, 1.807) is 0 Å². The van der Waals surface area contributed by atoms with Gasteiger partial charge in [-0.2, -0.15) is 0 Å². The van der Waals surface area contributed by atoms with Crippen LogP contribution < -0.4 is 5.32 Å². The second kappa shape index (κ2) is 5.22. The van der Waals surface area contributed by atoms with E-state index in [1.165, 1.54) is 32.3 Å². The Morgan fingerprint density at radius 3 is 2.00 bits per heavy atom. The van der Waals surface area contributed by atoms with Crippen molar-refractivity contribution < 1.29 is 0 Å². The maximum atomic E-state index is 7.07. The molecule has 0 aromatic heterocycles. The quantitative estimate of drug-likeness (QED) is 0.277. The van der Waals surface area contributed by atoms with Gasteiger partial charge in [0.15, 0.2) is 5.69 Å². The highest BCUT2D eigenvalue weighted by molar-refractivity contribution is 6.25. The molecule has 0 aliphatic rings. The van der Waals surface area contributed by atoms with Crippen LogP contribution in [0.2, 0.25) is 0 Å². The highest BCUT2D eigenvalue weighted by Crippen LogP contribution is 2.38. The smallest absolute Gasteiger partial charge is 0.187 e. The molecular weight excluding hydrogens is 304 g/mol. The van der Waals surface area contributed by atoms with Gasteiger partial charge in [-0.3, -0.25) is 0 Å². The fourth-order valence-electron chi connectivity index (χ4n) is 3.62. The molecule has 0 fully saturated rings. The predicted molar refractivity (Wildman–Crippen MR) is 106 cm³/mol. The SMILES string of the molecule is [C-]#[N+]c1ccc(Nc2ccc3ccc4cccc5ccc2c3c45)cc1. The van der Waals surface area contributed by atoms with Crippen LogP contribution in [0.1, 0.15) is 0 Å². The third-order valence-electron chi connectivity index (χ3n) is 4.80. The van der Waals surface area contributed by atoms with Gasteiger partial charge in [0, 0.05) is 16.8 Å². The minimum atomic E-state index is 0.654. The molecule has 5 rings (SSSR count). The van der Waals surface area contributed by atoms with Crippen LogP contribution >= 0.6 is 0 Å². The van der Waals surface area contributed by atoms with E-state index in [4.69, 9.17) is 6.57 Å². The monoisotopic (exact) mass is 318 g/mol. The van der Waals surface area contributed by atoms with E-state index in [1.807, 2.05) is 24.3 Å². The fraction of sp³-hybridized carbons (Fsp3) is 0. The maximum Gasteiger partial charge on any atom is 0.187 e. The average molecular weight is 318 g/mol. The molecule has 0 amide bonds. The summed E-state index contributed by atoms with van der Waals surface area (Å²) in [6, 6.07) is 27.1.